The topological polar surface area (TPSA) is 114 Å². The van der Waals surface area contributed by atoms with Crippen LogP contribution >= 0.6 is 0 Å². The van der Waals surface area contributed by atoms with Gasteiger partial charge < -0.3 is 29.7 Å². The number of carbonyl (C=O) groups is 2. The van der Waals surface area contributed by atoms with Crippen molar-refractivity contribution in [2.24, 2.45) is 0 Å². The van der Waals surface area contributed by atoms with E-state index >= 15 is 0 Å². The highest BCUT2D eigenvalue weighted by Gasteiger charge is 2.15. The molecule has 0 amide bonds. The van der Waals surface area contributed by atoms with Gasteiger partial charge in [0.05, 0.1) is 21.3 Å². The summed E-state index contributed by atoms with van der Waals surface area (Å²) in [4.78, 5) is 18.2. The molecule has 2 rings (SSSR count). The summed E-state index contributed by atoms with van der Waals surface area (Å²) >= 11 is 0. The molecule has 0 fully saturated rings. The molecule has 3 N–H and O–H groups in total. The number of nitrogens with one attached hydrogen (secondary N) is 1. The SMILES string of the molecule is COc1ccc(CNc2ccccc2)c(OC)c1OC.O=C(O)C(=O)O. The summed E-state index contributed by atoms with van der Waals surface area (Å²) in [6.07, 6.45) is 0. The highest BCUT2D eigenvalue weighted by Crippen LogP contribution is 2.39. The lowest BCUT2D eigenvalue weighted by atomic mass is 10.1. The molecule has 8 nitrogen and oxygen atoms in total. The van der Waals surface area contributed by atoms with Crippen LogP contribution in [0, 0.1) is 0 Å². The number of hydrogen-bond donors (Lipinski definition) is 3. The molecule has 0 atom stereocenters. The van der Waals surface area contributed by atoms with Crippen LogP contribution in [0.25, 0.3) is 0 Å². The third-order valence-corrected chi connectivity index (χ3v) is 3.23. The largest absolute Gasteiger partial charge is 0.493 e. The van der Waals surface area contributed by atoms with Crippen molar-refractivity contribution in [1.82, 2.24) is 0 Å². The first kappa shape index (κ1) is 20.6. The Hall–Kier alpha value is -3.42. The molecule has 140 valence electrons. The average Bonchev–Trinajstić information content (AvgIpc) is 2.66. The molecule has 0 aliphatic heterocycles. The Balaban J connectivity index is 0.000000487. The lowest BCUT2D eigenvalue weighted by Crippen LogP contribution is -2.09. The number of methoxy groups -OCH3 is 3. The summed E-state index contributed by atoms with van der Waals surface area (Å²) in [5.41, 5.74) is 2.07. The number of ether oxygens (including phenoxy) is 3. The zero-order valence-corrected chi connectivity index (χ0v) is 14.7. The van der Waals surface area contributed by atoms with Crippen LogP contribution in [-0.4, -0.2) is 43.5 Å². The Bertz CT molecular complexity index is 720. The summed E-state index contributed by atoms with van der Waals surface area (Å²) < 4.78 is 16.1. The van der Waals surface area contributed by atoms with Crippen molar-refractivity contribution in [3.63, 3.8) is 0 Å². The summed E-state index contributed by atoms with van der Waals surface area (Å²) in [7, 11) is 4.84. The highest BCUT2D eigenvalue weighted by atomic mass is 16.5. The van der Waals surface area contributed by atoms with Gasteiger partial charge in [-0.25, -0.2) is 9.59 Å². The van der Waals surface area contributed by atoms with E-state index in [1.807, 2.05) is 42.5 Å². The zero-order chi connectivity index (χ0) is 19.5. The summed E-state index contributed by atoms with van der Waals surface area (Å²) in [6, 6.07) is 13.9. The van der Waals surface area contributed by atoms with E-state index in [0.29, 0.717) is 23.8 Å². The second-order valence-electron chi connectivity index (χ2n) is 4.82. The van der Waals surface area contributed by atoms with Gasteiger partial charge in [-0.2, -0.15) is 0 Å². The fourth-order valence-electron chi connectivity index (χ4n) is 2.06. The van der Waals surface area contributed by atoms with Crippen LogP contribution in [0.15, 0.2) is 42.5 Å². The Labute approximate surface area is 150 Å². The molecule has 0 bridgehead atoms. The monoisotopic (exact) mass is 363 g/mol. The van der Waals surface area contributed by atoms with Gasteiger partial charge in [-0.1, -0.05) is 18.2 Å². The number of para-hydroxylation sites is 1. The van der Waals surface area contributed by atoms with E-state index < -0.39 is 11.9 Å². The van der Waals surface area contributed by atoms with E-state index in [2.05, 4.69) is 5.32 Å². The molecule has 0 spiro atoms. The molecule has 0 heterocycles. The lowest BCUT2D eigenvalue weighted by Gasteiger charge is -2.16. The predicted octanol–water partition coefficient (Wildman–Crippen LogP) is 2.48. The zero-order valence-electron chi connectivity index (χ0n) is 14.7. The van der Waals surface area contributed by atoms with E-state index in [1.165, 1.54) is 0 Å². The molecular weight excluding hydrogens is 342 g/mol. The van der Waals surface area contributed by atoms with Gasteiger partial charge in [-0.3, -0.25) is 0 Å². The van der Waals surface area contributed by atoms with Gasteiger partial charge in [-0.15, -0.1) is 0 Å². The third kappa shape index (κ3) is 5.90. The quantitative estimate of drug-likeness (QED) is 0.671. The van der Waals surface area contributed by atoms with Gasteiger partial charge in [0.2, 0.25) is 5.75 Å². The molecule has 2 aromatic carbocycles. The first-order valence-corrected chi connectivity index (χ1v) is 7.47. The molecule has 0 aromatic heterocycles. The number of aliphatic carboxylic acids is 2. The number of benzene rings is 2. The van der Waals surface area contributed by atoms with Crippen LogP contribution in [0.2, 0.25) is 0 Å². The van der Waals surface area contributed by atoms with Crippen LogP contribution in [0.1, 0.15) is 5.56 Å². The second-order valence-corrected chi connectivity index (χ2v) is 4.82. The normalized spacial score (nSPS) is 9.35. The first-order valence-electron chi connectivity index (χ1n) is 7.47. The molecule has 26 heavy (non-hydrogen) atoms. The summed E-state index contributed by atoms with van der Waals surface area (Å²) in [6.45, 7) is 0.646. The van der Waals surface area contributed by atoms with E-state index in [9.17, 15) is 0 Å². The Kier molecular flexibility index (Phi) is 8.29. The molecule has 0 unspecified atom stereocenters. The van der Waals surface area contributed by atoms with Crippen molar-refractivity contribution < 1.29 is 34.0 Å². The van der Waals surface area contributed by atoms with E-state index in [0.717, 1.165) is 11.3 Å². The molecule has 0 saturated heterocycles. The number of rotatable bonds is 6. The van der Waals surface area contributed by atoms with Crippen LogP contribution in [-0.2, 0) is 16.1 Å². The van der Waals surface area contributed by atoms with E-state index in [1.54, 1.807) is 21.3 Å². The average molecular weight is 363 g/mol. The lowest BCUT2D eigenvalue weighted by molar-refractivity contribution is -0.159. The van der Waals surface area contributed by atoms with Crippen LogP contribution < -0.4 is 19.5 Å². The molecule has 0 saturated carbocycles. The van der Waals surface area contributed by atoms with Gasteiger partial charge in [-0.05, 0) is 24.3 Å². The molecule has 8 heteroatoms. The van der Waals surface area contributed by atoms with Gasteiger partial charge in [0.1, 0.15) is 0 Å². The minimum atomic E-state index is -1.82. The summed E-state index contributed by atoms with van der Waals surface area (Å²) in [5, 5.41) is 18.1. The standard InChI is InChI=1S/C16H19NO3.C2H2O4/c1-18-14-10-9-12(15(19-2)16(14)20-3)11-17-13-7-5-4-6-8-13;3-1(4)2(5)6/h4-10,17H,11H2,1-3H3;(H,3,4)(H,5,6). The molecular formula is C18H21NO7. The van der Waals surface area contributed by atoms with Crippen molar-refractivity contribution >= 4 is 17.6 Å². The molecule has 0 aliphatic rings. The third-order valence-electron chi connectivity index (χ3n) is 3.23. The first-order chi connectivity index (χ1) is 12.4. The van der Waals surface area contributed by atoms with Crippen molar-refractivity contribution in [2.45, 2.75) is 6.54 Å². The van der Waals surface area contributed by atoms with Gasteiger partial charge in [0.15, 0.2) is 11.5 Å². The number of hydrogen-bond acceptors (Lipinski definition) is 6. The van der Waals surface area contributed by atoms with Gasteiger partial charge >= 0.3 is 11.9 Å². The van der Waals surface area contributed by atoms with Crippen molar-refractivity contribution in [1.29, 1.82) is 0 Å². The van der Waals surface area contributed by atoms with Crippen molar-refractivity contribution in [3.05, 3.63) is 48.0 Å². The smallest absolute Gasteiger partial charge is 0.414 e. The van der Waals surface area contributed by atoms with Crippen molar-refractivity contribution in [2.75, 3.05) is 26.6 Å². The van der Waals surface area contributed by atoms with Gasteiger partial charge in [0.25, 0.3) is 0 Å². The van der Waals surface area contributed by atoms with E-state index in [4.69, 9.17) is 34.0 Å². The fraction of sp³-hybridized carbons (Fsp3) is 0.222. The number of carboxylic acid groups (broad SMARTS) is 2. The second kappa shape index (κ2) is 10.4. The molecule has 0 aliphatic carbocycles. The predicted molar refractivity (Wildman–Crippen MR) is 95.1 cm³/mol. The van der Waals surface area contributed by atoms with Gasteiger partial charge in [0, 0.05) is 17.8 Å². The van der Waals surface area contributed by atoms with Crippen molar-refractivity contribution in [3.8, 4) is 17.2 Å². The van der Waals surface area contributed by atoms with E-state index in [-0.39, 0.29) is 0 Å². The Morgan fingerprint density at radius 1 is 0.846 bits per heavy atom. The fourth-order valence-corrected chi connectivity index (χ4v) is 2.06. The molecule has 0 radical (unpaired) electrons. The minimum Gasteiger partial charge on any atom is -0.493 e. The maximum atomic E-state index is 9.10. The maximum Gasteiger partial charge on any atom is 0.414 e. The number of carboxylic acids is 2. The highest BCUT2D eigenvalue weighted by molar-refractivity contribution is 6.27. The number of anilines is 1. The maximum absolute atomic E-state index is 9.10. The van der Waals surface area contributed by atoms with Crippen LogP contribution in [0.5, 0.6) is 17.2 Å². The Morgan fingerprint density at radius 3 is 1.88 bits per heavy atom. The molecule has 2 aromatic rings. The van der Waals surface area contributed by atoms with Crippen LogP contribution in [0.4, 0.5) is 5.69 Å². The Morgan fingerprint density at radius 2 is 1.42 bits per heavy atom. The minimum absolute atomic E-state index is 0.613. The summed E-state index contributed by atoms with van der Waals surface area (Å²) in [5.74, 6) is -1.68. The van der Waals surface area contributed by atoms with Crippen LogP contribution in [0.3, 0.4) is 0 Å².